The molecule has 2 aromatic carbocycles. The molecule has 1 aliphatic heterocycles. The maximum Gasteiger partial charge on any atom is 0.286 e. The van der Waals surface area contributed by atoms with Gasteiger partial charge in [0, 0.05) is 11.4 Å². The second-order valence-corrected chi connectivity index (χ2v) is 7.79. The van der Waals surface area contributed by atoms with Crippen molar-refractivity contribution in [3.8, 4) is 11.5 Å². The first-order valence-electron chi connectivity index (χ1n) is 8.30. The first kappa shape index (κ1) is 20.2. The molecule has 3 rings (SSSR count). The highest BCUT2D eigenvalue weighted by molar-refractivity contribution is 9.10. The minimum absolute atomic E-state index is 0.269. The van der Waals surface area contributed by atoms with Crippen LogP contribution in [0, 0.1) is 0 Å². The smallest absolute Gasteiger partial charge is 0.286 e. The molecule has 1 heterocycles. The number of hydrogen-bond acceptors (Lipinski definition) is 5. The molecule has 0 aliphatic carbocycles. The van der Waals surface area contributed by atoms with Crippen molar-refractivity contribution in [1.29, 1.82) is 0 Å². The lowest BCUT2D eigenvalue weighted by atomic mass is 10.2. The molecule has 0 aromatic heterocycles. The summed E-state index contributed by atoms with van der Waals surface area (Å²) in [5, 5.41) is 2.80. The number of methoxy groups -OCH3 is 1. The van der Waals surface area contributed by atoms with Crippen molar-refractivity contribution in [2.75, 3.05) is 7.11 Å². The number of rotatable bonds is 5. The molecule has 2 aromatic rings. The van der Waals surface area contributed by atoms with Crippen molar-refractivity contribution in [2.45, 2.75) is 13.5 Å². The molecule has 144 valence electrons. The quantitative estimate of drug-likeness (QED) is 0.678. The Morgan fingerprint density at radius 1 is 1.21 bits per heavy atom. The highest BCUT2D eigenvalue weighted by Gasteiger charge is 2.22. The van der Waals surface area contributed by atoms with E-state index in [1.54, 1.807) is 25.3 Å². The van der Waals surface area contributed by atoms with E-state index in [9.17, 15) is 9.59 Å². The second kappa shape index (κ2) is 9.07. The van der Waals surface area contributed by atoms with Crippen LogP contribution in [0.2, 0.25) is 0 Å². The molecule has 2 amide bonds. The molecule has 8 heteroatoms. The summed E-state index contributed by atoms with van der Waals surface area (Å²) in [4.78, 5) is 27.3. The number of halogens is 1. The molecular formula is C20H17BrN2O4S. The standard InChI is InChI=1S/C20H17BrN2O4S/c1-12(24)22-20-23-19(25)18(28-20)10-14-5-8-16(17(9-14)26-2)27-11-13-3-6-15(21)7-4-13/h3-10H,11H2,1-2H3,(H,22,23,24,25)/b18-10-. The fourth-order valence-corrected chi connectivity index (χ4v) is 3.52. The van der Waals surface area contributed by atoms with E-state index in [-0.39, 0.29) is 17.0 Å². The van der Waals surface area contributed by atoms with Gasteiger partial charge in [-0.3, -0.25) is 9.59 Å². The zero-order chi connectivity index (χ0) is 20.1. The number of benzene rings is 2. The van der Waals surface area contributed by atoms with E-state index in [0.29, 0.717) is 23.0 Å². The Kier molecular flexibility index (Phi) is 6.53. The average Bonchev–Trinajstić information content (AvgIpc) is 2.99. The molecule has 1 N–H and O–H groups in total. The number of ether oxygens (including phenoxy) is 2. The molecule has 6 nitrogen and oxygen atoms in total. The molecule has 0 bridgehead atoms. The lowest BCUT2D eigenvalue weighted by Gasteiger charge is -2.11. The van der Waals surface area contributed by atoms with Crippen molar-refractivity contribution in [2.24, 2.45) is 4.99 Å². The first-order chi connectivity index (χ1) is 13.4. The van der Waals surface area contributed by atoms with Gasteiger partial charge in [-0.1, -0.05) is 34.1 Å². The van der Waals surface area contributed by atoms with Crippen LogP contribution < -0.4 is 14.8 Å². The highest BCUT2D eigenvalue weighted by atomic mass is 79.9. The average molecular weight is 461 g/mol. The number of amidine groups is 1. The third-order valence-corrected chi connectivity index (χ3v) is 5.12. The van der Waals surface area contributed by atoms with Crippen LogP contribution in [-0.4, -0.2) is 24.1 Å². The van der Waals surface area contributed by atoms with Gasteiger partial charge in [0.25, 0.3) is 5.91 Å². The number of nitrogens with one attached hydrogen (secondary N) is 1. The Balaban J connectivity index is 1.72. The van der Waals surface area contributed by atoms with Gasteiger partial charge >= 0.3 is 0 Å². The van der Waals surface area contributed by atoms with Gasteiger partial charge in [0.2, 0.25) is 5.91 Å². The predicted molar refractivity (Wildman–Crippen MR) is 113 cm³/mol. The first-order valence-corrected chi connectivity index (χ1v) is 9.91. The maximum atomic E-state index is 12.0. The molecule has 0 spiro atoms. The van der Waals surface area contributed by atoms with E-state index in [2.05, 4.69) is 26.2 Å². The molecule has 0 radical (unpaired) electrons. The minimum Gasteiger partial charge on any atom is -0.493 e. The van der Waals surface area contributed by atoms with E-state index in [0.717, 1.165) is 27.4 Å². The van der Waals surface area contributed by atoms with Crippen molar-refractivity contribution in [3.63, 3.8) is 0 Å². The van der Waals surface area contributed by atoms with Gasteiger partial charge in [-0.05, 0) is 53.2 Å². The zero-order valence-electron chi connectivity index (χ0n) is 15.2. The van der Waals surface area contributed by atoms with Crippen LogP contribution in [0.15, 0.2) is 56.8 Å². The number of amides is 2. The molecule has 1 aliphatic rings. The lowest BCUT2D eigenvalue weighted by molar-refractivity contribution is -0.117. The SMILES string of the molecule is COc1cc(/C=C2\SC(NC(C)=O)=NC2=O)ccc1OCc1ccc(Br)cc1. The zero-order valence-corrected chi connectivity index (χ0v) is 17.6. The Morgan fingerprint density at radius 2 is 1.96 bits per heavy atom. The van der Waals surface area contributed by atoms with Gasteiger partial charge in [-0.15, -0.1) is 0 Å². The molecule has 0 unspecified atom stereocenters. The molecule has 0 atom stereocenters. The van der Waals surface area contributed by atoms with E-state index >= 15 is 0 Å². The Bertz CT molecular complexity index is 971. The largest absolute Gasteiger partial charge is 0.493 e. The third kappa shape index (κ3) is 5.24. The summed E-state index contributed by atoms with van der Waals surface area (Å²) >= 11 is 4.53. The van der Waals surface area contributed by atoms with Gasteiger partial charge in [0.15, 0.2) is 16.7 Å². The normalized spacial score (nSPS) is 14.8. The van der Waals surface area contributed by atoms with Gasteiger partial charge in [-0.2, -0.15) is 4.99 Å². The van der Waals surface area contributed by atoms with E-state index in [4.69, 9.17) is 9.47 Å². The summed E-state index contributed by atoms with van der Waals surface area (Å²) in [7, 11) is 1.56. The fraction of sp³-hybridized carbons (Fsp3) is 0.150. The Labute approximate surface area is 175 Å². The van der Waals surface area contributed by atoms with Gasteiger partial charge in [-0.25, -0.2) is 0 Å². The van der Waals surface area contributed by atoms with Crippen LogP contribution in [0.1, 0.15) is 18.1 Å². The van der Waals surface area contributed by atoms with Crippen molar-refractivity contribution in [3.05, 3.63) is 63.0 Å². The minimum atomic E-state index is -0.386. The summed E-state index contributed by atoms with van der Waals surface area (Å²) < 4.78 is 12.3. The summed E-state index contributed by atoms with van der Waals surface area (Å²) in [5.74, 6) is 0.510. The summed E-state index contributed by atoms with van der Waals surface area (Å²) in [6.45, 7) is 1.78. The molecule has 0 saturated carbocycles. The van der Waals surface area contributed by atoms with Gasteiger partial charge in [0.1, 0.15) is 6.61 Å². The predicted octanol–water partition coefficient (Wildman–Crippen LogP) is 4.14. The van der Waals surface area contributed by atoms with Crippen molar-refractivity contribution in [1.82, 2.24) is 5.32 Å². The van der Waals surface area contributed by atoms with Crippen molar-refractivity contribution < 1.29 is 19.1 Å². The van der Waals surface area contributed by atoms with E-state index in [1.807, 2.05) is 30.3 Å². The number of hydrogen-bond donors (Lipinski definition) is 1. The Morgan fingerprint density at radius 3 is 2.64 bits per heavy atom. The van der Waals surface area contributed by atoms with Crippen LogP contribution in [0.5, 0.6) is 11.5 Å². The fourth-order valence-electron chi connectivity index (χ4n) is 2.40. The summed E-state index contributed by atoms with van der Waals surface area (Å²) in [6.07, 6.45) is 1.70. The molecule has 28 heavy (non-hydrogen) atoms. The van der Waals surface area contributed by atoms with Gasteiger partial charge in [0.05, 0.1) is 12.0 Å². The van der Waals surface area contributed by atoms with Crippen LogP contribution >= 0.6 is 27.7 Å². The van der Waals surface area contributed by atoms with Crippen LogP contribution in [0.3, 0.4) is 0 Å². The topological polar surface area (TPSA) is 77.0 Å². The molecule has 0 fully saturated rings. The maximum absolute atomic E-state index is 12.0. The lowest BCUT2D eigenvalue weighted by Crippen LogP contribution is -2.23. The van der Waals surface area contributed by atoms with Gasteiger partial charge < -0.3 is 14.8 Å². The number of aliphatic imine (C=N–C) groups is 1. The van der Waals surface area contributed by atoms with E-state index in [1.165, 1.54) is 6.92 Å². The monoisotopic (exact) mass is 460 g/mol. The Hall–Kier alpha value is -2.58. The van der Waals surface area contributed by atoms with Crippen molar-refractivity contribution >= 4 is 50.7 Å². The number of thioether (sulfide) groups is 1. The third-order valence-electron chi connectivity index (χ3n) is 3.70. The second-order valence-electron chi connectivity index (χ2n) is 5.84. The van der Waals surface area contributed by atoms with Crippen LogP contribution in [0.25, 0.3) is 6.08 Å². The molecule has 0 saturated heterocycles. The highest BCUT2D eigenvalue weighted by Crippen LogP contribution is 2.32. The van der Waals surface area contributed by atoms with E-state index < -0.39 is 0 Å². The van der Waals surface area contributed by atoms with Crippen LogP contribution in [0.4, 0.5) is 0 Å². The molecular weight excluding hydrogens is 444 g/mol. The number of nitrogens with zero attached hydrogens (tertiary/aromatic N) is 1. The van der Waals surface area contributed by atoms with Crippen LogP contribution in [-0.2, 0) is 16.2 Å². The summed E-state index contributed by atoms with van der Waals surface area (Å²) in [6, 6.07) is 13.3. The number of carbonyl (C=O) groups excluding carboxylic acids is 2. The summed E-state index contributed by atoms with van der Waals surface area (Å²) in [5.41, 5.74) is 1.80. The number of carbonyl (C=O) groups is 2.